The van der Waals surface area contributed by atoms with Crippen LogP contribution >= 0.6 is 11.8 Å². The number of carbonyl (C=O) groups is 2. The van der Waals surface area contributed by atoms with Crippen LogP contribution in [0.25, 0.3) is 0 Å². The van der Waals surface area contributed by atoms with Gasteiger partial charge in [0.15, 0.2) is 0 Å². The highest BCUT2D eigenvalue weighted by Gasteiger charge is 2.20. The molecule has 1 heterocycles. The van der Waals surface area contributed by atoms with Crippen molar-refractivity contribution >= 4 is 23.6 Å². The van der Waals surface area contributed by atoms with Crippen molar-refractivity contribution in [3.8, 4) is 6.07 Å². The Morgan fingerprint density at radius 1 is 1.28 bits per heavy atom. The predicted octanol–water partition coefficient (Wildman–Crippen LogP) is 3.97. The van der Waals surface area contributed by atoms with Crippen LogP contribution < -0.4 is 0 Å². The third-order valence-corrected chi connectivity index (χ3v) is 5.24. The summed E-state index contributed by atoms with van der Waals surface area (Å²) in [6.07, 6.45) is 0. The van der Waals surface area contributed by atoms with Crippen molar-refractivity contribution in [2.75, 3.05) is 12.4 Å². The fourth-order valence-electron chi connectivity index (χ4n) is 2.74. The van der Waals surface area contributed by atoms with Gasteiger partial charge in [0.2, 0.25) is 5.91 Å². The third kappa shape index (κ3) is 6.06. The van der Waals surface area contributed by atoms with Crippen LogP contribution in [0.3, 0.4) is 0 Å². The van der Waals surface area contributed by atoms with Crippen LogP contribution in [0.4, 0.5) is 0 Å². The fraction of sp³-hybridized carbons (Fsp3) is 0.364. The van der Waals surface area contributed by atoms with Crippen LogP contribution in [-0.4, -0.2) is 40.2 Å². The van der Waals surface area contributed by atoms with Crippen molar-refractivity contribution in [2.24, 2.45) is 0 Å². The normalized spacial score (nSPS) is 10.5. The van der Waals surface area contributed by atoms with Gasteiger partial charge in [0.05, 0.1) is 29.2 Å². The van der Waals surface area contributed by atoms with E-state index in [2.05, 4.69) is 11.1 Å². The van der Waals surface area contributed by atoms with E-state index in [1.807, 2.05) is 44.2 Å². The minimum absolute atomic E-state index is 0.0355. The van der Waals surface area contributed by atoms with Gasteiger partial charge in [0, 0.05) is 12.6 Å². The summed E-state index contributed by atoms with van der Waals surface area (Å²) in [5, 5.41) is 9.89. The number of hydrogen-bond donors (Lipinski definition) is 0. The predicted molar refractivity (Wildman–Crippen MR) is 112 cm³/mol. The SMILES string of the molecule is CCOC(=O)c1cc(C#N)c(SCC(=O)N(Cc2ccccc2)C(C)C)nc1C. The molecular formula is C22H25N3O3S. The average molecular weight is 412 g/mol. The van der Waals surface area contributed by atoms with E-state index in [9.17, 15) is 14.9 Å². The molecule has 0 unspecified atom stereocenters. The number of pyridine rings is 1. The highest BCUT2D eigenvalue weighted by molar-refractivity contribution is 8.00. The van der Waals surface area contributed by atoms with Gasteiger partial charge in [-0.05, 0) is 39.3 Å². The van der Waals surface area contributed by atoms with Crippen molar-refractivity contribution in [3.63, 3.8) is 0 Å². The third-order valence-electron chi connectivity index (χ3n) is 4.27. The second-order valence-corrected chi connectivity index (χ2v) is 7.66. The van der Waals surface area contributed by atoms with Gasteiger partial charge in [0.1, 0.15) is 11.1 Å². The number of benzene rings is 1. The lowest BCUT2D eigenvalue weighted by Crippen LogP contribution is -2.37. The van der Waals surface area contributed by atoms with E-state index in [1.54, 1.807) is 18.7 Å². The van der Waals surface area contributed by atoms with Gasteiger partial charge in [0.25, 0.3) is 0 Å². The van der Waals surface area contributed by atoms with E-state index in [1.165, 1.54) is 17.8 Å². The topological polar surface area (TPSA) is 83.3 Å². The lowest BCUT2D eigenvalue weighted by Gasteiger charge is -2.27. The molecule has 0 aliphatic heterocycles. The second kappa shape index (κ2) is 10.6. The van der Waals surface area contributed by atoms with Crippen LogP contribution in [0, 0.1) is 18.3 Å². The number of thioether (sulfide) groups is 1. The molecule has 7 heteroatoms. The van der Waals surface area contributed by atoms with Crippen molar-refractivity contribution in [1.82, 2.24) is 9.88 Å². The first-order valence-electron chi connectivity index (χ1n) is 9.42. The van der Waals surface area contributed by atoms with Crippen molar-refractivity contribution in [1.29, 1.82) is 5.26 Å². The summed E-state index contributed by atoms with van der Waals surface area (Å²) >= 11 is 1.21. The number of nitriles is 1. The Bertz CT molecular complexity index is 908. The molecule has 0 saturated heterocycles. The number of rotatable bonds is 8. The minimum Gasteiger partial charge on any atom is -0.462 e. The zero-order valence-electron chi connectivity index (χ0n) is 17.1. The highest BCUT2D eigenvalue weighted by atomic mass is 32.2. The van der Waals surface area contributed by atoms with E-state index >= 15 is 0 Å². The number of nitrogens with zero attached hydrogens (tertiary/aromatic N) is 3. The highest BCUT2D eigenvalue weighted by Crippen LogP contribution is 2.24. The molecule has 0 aliphatic rings. The zero-order valence-corrected chi connectivity index (χ0v) is 18.0. The molecule has 0 radical (unpaired) electrons. The Morgan fingerprint density at radius 2 is 1.97 bits per heavy atom. The summed E-state index contributed by atoms with van der Waals surface area (Å²) in [5.41, 5.74) is 2.06. The first kappa shape index (κ1) is 22.4. The smallest absolute Gasteiger partial charge is 0.340 e. The van der Waals surface area contributed by atoms with Crippen LogP contribution in [-0.2, 0) is 16.1 Å². The molecular weight excluding hydrogens is 386 g/mol. The van der Waals surface area contributed by atoms with E-state index < -0.39 is 5.97 Å². The van der Waals surface area contributed by atoms with E-state index in [-0.39, 0.29) is 35.4 Å². The second-order valence-electron chi connectivity index (χ2n) is 6.70. The van der Waals surface area contributed by atoms with Crippen molar-refractivity contribution in [2.45, 2.75) is 45.3 Å². The van der Waals surface area contributed by atoms with Gasteiger partial charge < -0.3 is 9.64 Å². The lowest BCUT2D eigenvalue weighted by molar-refractivity contribution is -0.130. The molecule has 6 nitrogen and oxygen atoms in total. The van der Waals surface area contributed by atoms with Gasteiger partial charge >= 0.3 is 5.97 Å². The average Bonchev–Trinajstić information content (AvgIpc) is 2.70. The fourth-order valence-corrected chi connectivity index (χ4v) is 3.63. The summed E-state index contributed by atoms with van der Waals surface area (Å²) in [5.74, 6) is -0.382. The maximum Gasteiger partial charge on any atom is 0.340 e. The number of esters is 1. The summed E-state index contributed by atoms with van der Waals surface area (Å²) in [4.78, 5) is 31.0. The Labute approximate surface area is 175 Å². The molecule has 1 amide bonds. The molecule has 0 N–H and O–H groups in total. The van der Waals surface area contributed by atoms with Gasteiger partial charge in [-0.25, -0.2) is 9.78 Å². The number of aryl methyl sites for hydroxylation is 1. The van der Waals surface area contributed by atoms with Gasteiger partial charge in [-0.15, -0.1) is 0 Å². The first-order valence-corrected chi connectivity index (χ1v) is 10.4. The largest absolute Gasteiger partial charge is 0.462 e. The number of carbonyl (C=O) groups excluding carboxylic acids is 2. The van der Waals surface area contributed by atoms with Crippen LogP contribution in [0.1, 0.15) is 48.0 Å². The van der Waals surface area contributed by atoms with E-state index in [0.29, 0.717) is 17.3 Å². The summed E-state index contributed by atoms with van der Waals surface area (Å²) in [6, 6.07) is 13.4. The van der Waals surface area contributed by atoms with Crippen molar-refractivity contribution < 1.29 is 14.3 Å². The standard InChI is InChI=1S/C22H25N3O3S/c1-5-28-22(27)19-11-18(12-23)21(24-16(19)4)29-14-20(26)25(15(2)3)13-17-9-7-6-8-10-17/h6-11,15H,5,13-14H2,1-4H3. The zero-order chi connectivity index (χ0) is 21.4. The van der Waals surface area contributed by atoms with Gasteiger partial charge in [-0.2, -0.15) is 5.26 Å². The maximum atomic E-state index is 12.8. The molecule has 0 spiro atoms. The first-order chi connectivity index (χ1) is 13.9. The Hall–Kier alpha value is -2.85. The molecule has 0 bridgehead atoms. The van der Waals surface area contributed by atoms with E-state index in [0.717, 1.165) is 5.56 Å². The summed E-state index contributed by atoms with van der Waals surface area (Å²) < 4.78 is 5.00. The molecule has 1 aromatic carbocycles. The molecule has 0 fully saturated rings. The molecule has 0 saturated carbocycles. The van der Waals surface area contributed by atoms with Gasteiger partial charge in [-0.1, -0.05) is 42.1 Å². The number of hydrogen-bond acceptors (Lipinski definition) is 6. The molecule has 0 atom stereocenters. The number of aromatic nitrogens is 1. The van der Waals surface area contributed by atoms with Crippen LogP contribution in [0.2, 0.25) is 0 Å². The molecule has 2 rings (SSSR count). The van der Waals surface area contributed by atoms with Crippen molar-refractivity contribution in [3.05, 3.63) is 58.8 Å². The molecule has 1 aromatic heterocycles. The lowest BCUT2D eigenvalue weighted by atomic mass is 10.1. The van der Waals surface area contributed by atoms with Crippen LogP contribution in [0.5, 0.6) is 0 Å². The van der Waals surface area contributed by atoms with Crippen LogP contribution in [0.15, 0.2) is 41.4 Å². The Kier molecular flexibility index (Phi) is 8.22. The maximum absolute atomic E-state index is 12.8. The summed E-state index contributed by atoms with van der Waals surface area (Å²) in [7, 11) is 0. The Balaban J connectivity index is 2.14. The monoisotopic (exact) mass is 411 g/mol. The van der Waals surface area contributed by atoms with E-state index in [4.69, 9.17) is 4.74 Å². The Morgan fingerprint density at radius 3 is 2.55 bits per heavy atom. The summed E-state index contributed by atoms with van der Waals surface area (Å²) in [6.45, 7) is 8.13. The van der Waals surface area contributed by atoms with Gasteiger partial charge in [-0.3, -0.25) is 4.79 Å². The molecule has 0 aliphatic carbocycles. The molecule has 29 heavy (non-hydrogen) atoms. The quantitative estimate of drug-likeness (QED) is 0.483. The minimum atomic E-state index is -0.504. The molecule has 2 aromatic rings. The number of amides is 1. The molecule has 152 valence electrons. The number of ether oxygens (including phenoxy) is 1.